The minimum atomic E-state index is -0.348. The molecule has 0 radical (unpaired) electrons. The molecule has 0 aliphatic heterocycles. The van der Waals surface area contributed by atoms with Crippen LogP contribution < -0.4 is 5.73 Å². The maximum absolute atomic E-state index is 13.7. The van der Waals surface area contributed by atoms with Crippen molar-refractivity contribution in [2.24, 2.45) is 5.73 Å². The Morgan fingerprint density at radius 2 is 2.08 bits per heavy atom. The minimum Gasteiger partial charge on any atom is -0.327 e. The predicted octanol–water partition coefficient (Wildman–Crippen LogP) is 2.60. The summed E-state index contributed by atoms with van der Waals surface area (Å²) in [5, 5.41) is 9.25. The number of hydrogen-bond donors (Lipinski definition) is 1. The van der Waals surface area contributed by atoms with Gasteiger partial charge in [-0.25, -0.2) is 19.3 Å². The summed E-state index contributed by atoms with van der Waals surface area (Å²) in [6, 6.07) is 5.53. The number of benzene rings is 1. The van der Waals surface area contributed by atoms with E-state index in [0.29, 0.717) is 16.6 Å². The number of rotatable bonds is 4. The van der Waals surface area contributed by atoms with Gasteiger partial charge in [-0.15, -0.1) is 12.4 Å². The van der Waals surface area contributed by atoms with Crippen molar-refractivity contribution >= 4 is 23.4 Å². The fourth-order valence-corrected chi connectivity index (χ4v) is 2.37. The van der Waals surface area contributed by atoms with Gasteiger partial charge in [0, 0.05) is 30.1 Å². The number of fused-ring (bicyclic) bond motifs is 1. The van der Waals surface area contributed by atoms with Crippen molar-refractivity contribution in [3.63, 3.8) is 0 Å². The smallest absolute Gasteiger partial charge is 0.117 e. The van der Waals surface area contributed by atoms with Gasteiger partial charge in [0.05, 0.1) is 35.5 Å². The van der Waals surface area contributed by atoms with E-state index in [1.165, 1.54) is 12.4 Å². The Hall–Kier alpha value is -2.82. The second kappa shape index (κ2) is 7.64. The first-order valence-corrected chi connectivity index (χ1v) is 6.92. The zero-order valence-electron chi connectivity index (χ0n) is 12.6. The van der Waals surface area contributed by atoms with Crippen molar-refractivity contribution in [2.45, 2.75) is 6.54 Å². The molecule has 2 aromatic heterocycles. The molecule has 0 aliphatic carbocycles. The average molecular weight is 345 g/mol. The summed E-state index contributed by atoms with van der Waals surface area (Å²) in [6.45, 7) is 0.155. The van der Waals surface area contributed by atoms with E-state index < -0.39 is 0 Å². The molecule has 0 unspecified atom stereocenters. The lowest BCUT2D eigenvalue weighted by Crippen LogP contribution is -2.00. The van der Waals surface area contributed by atoms with Gasteiger partial charge in [0.2, 0.25) is 0 Å². The zero-order chi connectivity index (χ0) is 16.2. The van der Waals surface area contributed by atoms with Crippen molar-refractivity contribution in [1.29, 1.82) is 5.26 Å². The molecule has 3 aromatic rings. The number of imidazole rings is 1. The lowest BCUT2D eigenvalue weighted by molar-refractivity contribution is 0.558. The Labute approximate surface area is 143 Å². The fourth-order valence-electron chi connectivity index (χ4n) is 2.37. The van der Waals surface area contributed by atoms with Gasteiger partial charge < -0.3 is 10.3 Å². The summed E-state index contributed by atoms with van der Waals surface area (Å²) >= 11 is 0. The SMILES string of the molecule is Cl.N#Cc1cc(-c2cncnc2)c2ncn(CC(F)=CCN)c2c1. The van der Waals surface area contributed by atoms with E-state index in [0.717, 1.165) is 11.1 Å². The normalized spacial score (nSPS) is 11.1. The van der Waals surface area contributed by atoms with E-state index in [4.69, 9.17) is 5.73 Å². The summed E-state index contributed by atoms with van der Waals surface area (Å²) in [5.74, 6) is -0.348. The molecule has 1 aromatic carbocycles. The maximum Gasteiger partial charge on any atom is 0.117 e. The van der Waals surface area contributed by atoms with Crippen molar-refractivity contribution in [2.75, 3.05) is 6.54 Å². The van der Waals surface area contributed by atoms with E-state index in [-0.39, 0.29) is 31.3 Å². The van der Waals surface area contributed by atoms with Crippen molar-refractivity contribution < 1.29 is 4.39 Å². The molecule has 0 bridgehead atoms. The molecule has 2 N–H and O–H groups in total. The van der Waals surface area contributed by atoms with Crippen LogP contribution >= 0.6 is 12.4 Å². The molecule has 2 heterocycles. The average Bonchev–Trinajstić information content (AvgIpc) is 2.98. The monoisotopic (exact) mass is 344 g/mol. The van der Waals surface area contributed by atoms with Crippen LogP contribution in [0.4, 0.5) is 4.39 Å². The van der Waals surface area contributed by atoms with Gasteiger partial charge in [0.15, 0.2) is 0 Å². The largest absolute Gasteiger partial charge is 0.327 e. The lowest BCUT2D eigenvalue weighted by Gasteiger charge is -2.06. The molecule has 0 saturated carbocycles. The van der Waals surface area contributed by atoms with Crippen LogP contribution in [0.25, 0.3) is 22.2 Å². The van der Waals surface area contributed by atoms with E-state index >= 15 is 0 Å². The first kappa shape index (κ1) is 17.5. The summed E-state index contributed by atoms with van der Waals surface area (Å²) in [6.07, 6.45) is 7.59. The van der Waals surface area contributed by atoms with E-state index in [2.05, 4.69) is 21.0 Å². The molecule has 0 aliphatic rings. The van der Waals surface area contributed by atoms with Crippen LogP contribution in [0.3, 0.4) is 0 Å². The van der Waals surface area contributed by atoms with Crippen molar-refractivity contribution in [3.8, 4) is 17.2 Å². The number of aromatic nitrogens is 4. The molecule has 0 saturated heterocycles. The summed E-state index contributed by atoms with van der Waals surface area (Å²) in [7, 11) is 0. The topological polar surface area (TPSA) is 93.4 Å². The van der Waals surface area contributed by atoms with Crippen LogP contribution in [0.1, 0.15) is 5.56 Å². The molecular formula is C16H14ClFN6. The van der Waals surface area contributed by atoms with Crippen LogP contribution in [-0.2, 0) is 6.54 Å². The summed E-state index contributed by atoms with van der Waals surface area (Å²) < 4.78 is 15.4. The predicted molar refractivity (Wildman–Crippen MR) is 91.0 cm³/mol. The molecule has 122 valence electrons. The minimum absolute atomic E-state index is 0. The first-order valence-electron chi connectivity index (χ1n) is 6.92. The highest BCUT2D eigenvalue weighted by Crippen LogP contribution is 2.28. The van der Waals surface area contributed by atoms with Gasteiger partial charge >= 0.3 is 0 Å². The lowest BCUT2D eigenvalue weighted by atomic mass is 10.0. The molecule has 8 heteroatoms. The Morgan fingerprint density at radius 1 is 1.33 bits per heavy atom. The van der Waals surface area contributed by atoms with Crippen LogP contribution in [0, 0.1) is 11.3 Å². The van der Waals surface area contributed by atoms with Crippen molar-refractivity contribution in [3.05, 3.63) is 54.6 Å². The van der Waals surface area contributed by atoms with Crippen LogP contribution in [0.5, 0.6) is 0 Å². The van der Waals surface area contributed by atoms with Crippen LogP contribution in [-0.4, -0.2) is 26.1 Å². The molecule has 6 nitrogen and oxygen atoms in total. The fraction of sp³-hybridized carbons (Fsp3) is 0.125. The number of allylic oxidation sites excluding steroid dienone is 1. The number of nitrogens with two attached hydrogens (primary N) is 1. The number of nitriles is 1. The summed E-state index contributed by atoms with van der Waals surface area (Å²) in [5.41, 5.74) is 8.60. The Morgan fingerprint density at radius 3 is 2.75 bits per heavy atom. The van der Waals surface area contributed by atoms with Gasteiger partial charge in [-0.2, -0.15) is 5.26 Å². The highest BCUT2D eigenvalue weighted by molar-refractivity contribution is 5.93. The highest BCUT2D eigenvalue weighted by Gasteiger charge is 2.13. The standard InChI is InChI=1S/C16H13FN6.ClH/c17-13(1-2-18)8-23-10-22-16-14(12-6-20-9-21-7-12)3-11(5-19)4-15(16)23;/h1,3-4,6-7,9-10H,2,8,18H2;1H. The van der Waals surface area contributed by atoms with Gasteiger partial charge in [-0.05, 0) is 18.2 Å². The number of nitrogens with zero attached hydrogens (tertiary/aromatic N) is 5. The zero-order valence-corrected chi connectivity index (χ0v) is 13.4. The molecular weight excluding hydrogens is 331 g/mol. The molecule has 0 spiro atoms. The van der Waals surface area contributed by atoms with Gasteiger partial charge in [-0.3, -0.25) is 0 Å². The first-order chi connectivity index (χ1) is 11.2. The molecule has 0 amide bonds. The molecule has 24 heavy (non-hydrogen) atoms. The second-order valence-electron chi connectivity index (χ2n) is 4.89. The van der Waals surface area contributed by atoms with Gasteiger partial charge in [0.25, 0.3) is 0 Å². The third-order valence-corrected chi connectivity index (χ3v) is 3.39. The Bertz CT molecular complexity index is 913. The van der Waals surface area contributed by atoms with Crippen LogP contribution in [0.15, 0.2) is 49.1 Å². The second-order valence-corrected chi connectivity index (χ2v) is 4.89. The number of halogens is 2. The molecule has 3 rings (SSSR count). The quantitative estimate of drug-likeness (QED) is 0.785. The highest BCUT2D eigenvalue weighted by atomic mass is 35.5. The Kier molecular flexibility index (Phi) is 5.58. The molecule has 0 atom stereocenters. The van der Waals surface area contributed by atoms with Gasteiger partial charge in [-0.1, -0.05) is 0 Å². The third-order valence-electron chi connectivity index (χ3n) is 3.39. The number of hydrogen-bond acceptors (Lipinski definition) is 5. The van der Waals surface area contributed by atoms with Gasteiger partial charge in [0.1, 0.15) is 12.2 Å². The third kappa shape index (κ3) is 3.40. The molecule has 0 fully saturated rings. The maximum atomic E-state index is 13.7. The Balaban J connectivity index is 0.00000208. The van der Waals surface area contributed by atoms with E-state index in [1.807, 2.05) is 0 Å². The van der Waals surface area contributed by atoms with Crippen molar-refractivity contribution in [1.82, 2.24) is 19.5 Å². The van der Waals surface area contributed by atoms with E-state index in [1.54, 1.807) is 35.4 Å². The summed E-state index contributed by atoms with van der Waals surface area (Å²) in [4.78, 5) is 12.3. The van der Waals surface area contributed by atoms with Crippen LogP contribution in [0.2, 0.25) is 0 Å². The van der Waals surface area contributed by atoms with E-state index in [9.17, 15) is 9.65 Å².